The summed E-state index contributed by atoms with van der Waals surface area (Å²) < 4.78 is 2.10. The first kappa shape index (κ1) is 19.7. The molecule has 0 spiro atoms. The Bertz CT molecular complexity index is 528. The Morgan fingerprint density at radius 2 is 2.04 bits per heavy atom. The van der Waals surface area contributed by atoms with E-state index in [1.807, 2.05) is 0 Å². The zero-order valence-electron chi connectivity index (χ0n) is 16.5. The van der Waals surface area contributed by atoms with Gasteiger partial charge in [0.2, 0.25) is 0 Å². The summed E-state index contributed by atoms with van der Waals surface area (Å²) in [5.41, 5.74) is 0.417. The van der Waals surface area contributed by atoms with Crippen molar-refractivity contribution in [3.05, 3.63) is 12.2 Å². The molecule has 6 nitrogen and oxygen atoms in total. The third-order valence-electron chi connectivity index (χ3n) is 5.08. The zero-order valence-corrected chi connectivity index (χ0v) is 16.5. The molecule has 0 aromatic carbocycles. The largest absolute Gasteiger partial charge is 0.357 e. The fraction of sp³-hybridized carbons (Fsp3) is 0.842. The van der Waals surface area contributed by atoms with Crippen LogP contribution in [-0.2, 0) is 13.0 Å². The number of aryl methyl sites for hydroxylation is 1. The van der Waals surface area contributed by atoms with Gasteiger partial charge < -0.3 is 15.2 Å². The molecule has 25 heavy (non-hydrogen) atoms. The Morgan fingerprint density at radius 1 is 1.28 bits per heavy atom. The lowest BCUT2D eigenvalue weighted by Crippen LogP contribution is -2.40. The maximum absolute atomic E-state index is 4.94. The molecule has 2 rings (SSSR count). The molecule has 0 bridgehead atoms. The van der Waals surface area contributed by atoms with Crippen LogP contribution in [0.2, 0.25) is 0 Å². The monoisotopic (exact) mass is 348 g/mol. The fourth-order valence-corrected chi connectivity index (χ4v) is 4.04. The average Bonchev–Trinajstić information content (AvgIpc) is 3.21. The molecule has 0 atom stereocenters. The van der Waals surface area contributed by atoms with Crippen molar-refractivity contribution in [2.24, 2.45) is 16.3 Å². The molecule has 1 aliphatic rings. The molecule has 0 aliphatic heterocycles. The topological polar surface area (TPSA) is 67.1 Å². The first-order valence-corrected chi connectivity index (χ1v) is 9.97. The molecule has 6 heteroatoms. The number of hydrogen-bond acceptors (Lipinski definition) is 3. The van der Waals surface area contributed by atoms with Crippen molar-refractivity contribution < 1.29 is 0 Å². The smallest absolute Gasteiger partial charge is 0.191 e. The molecule has 1 saturated carbocycles. The fourth-order valence-electron chi connectivity index (χ4n) is 4.04. The second-order valence-corrected chi connectivity index (χ2v) is 7.72. The Labute approximate surface area is 152 Å². The van der Waals surface area contributed by atoms with Crippen molar-refractivity contribution in [1.82, 2.24) is 25.4 Å². The van der Waals surface area contributed by atoms with Gasteiger partial charge in [0.1, 0.15) is 12.2 Å². The van der Waals surface area contributed by atoms with Crippen LogP contribution in [0.3, 0.4) is 0 Å². The van der Waals surface area contributed by atoms with Crippen LogP contribution in [0.4, 0.5) is 0 Å². The number of aromatic nitrogens is 3. The average molecular weight is 349 g/mol. The van der Waals surface area contributed by atoms with Crippen LogP contribution >= 0.6 is 0 Å². The van der Waals surface area contributed by atoms with Crippen LogP contribution in [-0.4, -0.2) is 40.4 Å². The van der Waals surface area contributed by atoms with Crippen molar-refractivity contribution in [2.45, 2.75) is 72.8 Å². The molecule has 0 radical (unpaired) electrons. The summed E-state index contributed by atoms with van der Waals surface area (Å²) in [7, 11) is 0. The highest BCUT2D eigenvalue weighted by Gasteiger charge is 2.34. The van der Waals surface area contributed by atoms with E-state index in [1.54, 1.807) is 6.33 Å². The van der Waals surface area contributed by atoms with E-state index in [0.29, 0.717) is 5.41 Å². The van der Waals surface area contributed by atoms with E-state index in [9.17, 15) is 0 Å². The number of nitrogens with one attached hydrogen (secondary N) is 2. The Hall–Kier alpha value is -1.59. The molecule has 0 saturated heterocycles. The molecule has 2 N–H and O–H groups in total. The van der Waals surface area contributed by atoms with Gasteiger partial charge in [-0.25, -0.2) is 0 Å². The SMILES string of the molecule is CCNC(=NCC1(CC(C)C)CCCC1)NCCn1cnnc1CC. The van der Waals surface area contributed by atoms with Crippen molar-refractivity contribution in [3.63, 3.8) is 0 Å². The third-order valence-corrected chi connectivity index (χ3v) is 5.08. The standard InChI is InChI=1S/C19H36N6/c1-5-17-24-23-15-25(17)12-11-21-18(20-6-2)22-14-19(13-16(3)4)9-7-8-10-19/h15-16H,5-14H2,1-4H3,(H2,20,21,22). The highest BCUT2D eigenvalue weighted by atomic mass is 15.3. The van der Waals surface area contributed by atoms with E-state index >= 15 is 0 Å². The summed E-state index contributed by atoms with van der Waals surface area (Å²) in [5.74, 6) is 2.71. The molecule has 1 fully saturated rings. The second-order valence-electron chi connectivity index (χ2n) is 7.72. The molecule has 1 heterocycles. The van der Waals surface area contributed by atoms with Gasteiger partial charge in [-0.3, -0.25) is 4.99 Å². The lowest BCUT2D eigenvalue weighted by Gasteiger charge is -2.29. The molecule has 1 aromatic heterocycles. The van der Waals surface area contributed by atoms with Crippen LogP contribution in [0.1, 0.15) is 65.6 Å². The van der Waals surface area contributed by atoms with Gasteiger partial charge in [0.05, 0.1) is 0 Å². The van der Waals surface area contributed by atoms with Crippen LogP contribution in [0.5, 0.6) is 0 Å². The maximum atomic E-state index is 4.94. The first-order valence-electron chi connectivity index (χ1n) is 9.97. The Morgan fingerprint density at radius 3 is 2.68 bits per heavy atom. The van der Waals surface area contributed by atoms with Crippen molar-refractivity contribution in [3.8, 4) is 0 Å². The molecule has 0 unspecified atom stereocenters. The van der Waals surface area contributed by atoms with Crippen LogP contribution in [0.15, 0.2) is 11.3 Å². The summed E-state index contributed by atoms with van der Waals surface area (Å²) in [6.07, 6.45) is 9.38. The lowest BCUT2D eigenvalue weighted by molar-refractivity contribution is 0.245. The number of guanidine groups is 1. The summed E-state index contributed by atoms with van der Waals surface area (Å²) in [6, 6.07) is 0. The molecular weight excluding hydrogens is 312 g/mol. The minimum Gasteiger partial charge on any atom is -0.357 e. The van der Waals surface area contributed by atoms with Gasteiger partial charge in [-0.1, -0.05) is 33.6 Å². The third kappa shape index (κ3) is 6.01. The van der Waals surface area contributed by atoms with Gasteiger partial charge in [-0.15, -0.1) is 10.2 Å². The highest BCUT2D eigenvalue weighted by molar-refractivity contribution is 5.79. The summed E-state index contributed by atoms with van der Waals surface area (Å²) in [6.45, 7) is 12.4. The van der Waals surface area contributed by atoms with Crippen LogP contribution < -0.4 is 10.6 Å². The van der Waals surface area contributed by atoms with Crippen molar-refractivity contribution >= 4 is 5.96 Å². The van der Waals surface area contributed by atoms with Crippen molar-refractivity contribution in [2.75, 3.05) is 19.6 Å². The van der Waals surface area contributed by atoms with Gasteiger partial charge in [-0.05, 0) is 37.5 Å². The number of hydrogen-bond donors (Lipinski definition) is 2. The van der Waals surface area contributed by atoms with Gasteiger partial charge >= 0.3 is 0 Å². The zero-order chi connectivity index (χ0) is 18.1. The van der Waals surface area contributed by atoms with Crippen LogP contribution in [0.25, 0.3) is 0 Å². The number of rotatable bonds is 9. The quantitative estimate of drug-likeness (QED) is 0.532. The lowest BCUT2D eigenvalue weighted by atomic mass is 9.78. The number of nitrogens with zero attached hydrogens (tertiary/aromatic N) is 4. The molecular formula is C19H36N6. The Kier molecular flexibility index (Phi) is 7.72. The van der Waals surface area contributed by atoms with E-state index in [1.165, 1.54) is 32.1 Å². The number of aliphatic imine (C=N–C) groups is 1. The van der Waals surface area contributed by atoms with Gasteiger partial charge in [0.15, 0.2) is 5.96 Å². The van der Waals surface area contributed by atoms with Crippen molar-refractivity contribution in [1.29, 1.82) is 0 Å². The molecule has 1 aromatic rings. The first-order chi connectivity index (χ1) is 12.1. The summed E-state index contributed by atoms with van der Waals surface area (Å²) in [5, 5.41) is 15.0. The normalized spacial score (nSPS) is 17.2. The predicted octanol–water partition coefficient (Wildman–Crippen LogP) is 3.00. The van der Waals surface area contributed by atoms with E-state index in [0.717, 1.165) is 50.3 Å². The second kappa shape index (κ2) is 9.78. The minimum absolute atomic E-state index is 0.417. The van der Waals surface area contributed by atoms with E-state index in [2.05, 4.69) is 53.1 Å². The highest BCUT2D eigenvalue weighted by Crippen LogP contribution is 2.43. The molecule has 0 amide bonds. The van der Waals surface area contributed by atoms with E-state index in [4.69, 9.17) is 4.99 Å². The molecule has 1 aliphatic carbocycles. The van der Waals surface area contributed by atoms with Crippen LogP contribution in [0, 0.1) is 11.3 Å². The predicted molar refractivity (Wildman–Crippen MR) is 104 cm³/mol. The van der Waals surface area contributed by atoms with Gasteiger partial charge in [0, 0.05) is 32.6 Å². The van der Waals surface area contributed by atoms with Gasteiger partial charge in [0.25, 0.3) is 0 Å². The maximum Gasteiger partial charge on any atom is 0.191 e. The minimum atomic E-state index is 0.417. The summed E-state index contributed by atoms with van der Waals surface area (Å²) >= 11 is 0. The van der Waals surface area contributed by atoms with E-state index < -0.39 is 0 Å². The Balaban J connectivity index is 1.90. The van der Waals surface area contributed by atoms with Gasteiger partial charge in [-0.2, -0.15) is 0 Å². The van der Waals surface area contributed by atoms with E-state index in [-0.39, 0.29) is 0 Å². The summed E-state index contributed by atoms with van der Waals surface area (Å²) in [4.78, 5) is 4.94. The molecule has 142 valence electrons.